The van der Waals surface area contributed by atoms with Gasteiger partial charge >= 0.3 is 6.61 Å². The zero-order valence-electron chi connectivity index (χ0n) is 18.5. The molecular weight excluding hydrogens is 438 g/mol. The Kier molecular flexibility index (Phi) is 9.34. The van der Waals surface area contributed by atoms with Crippen LogP contribution in [-0.4, -0.2) is 31.5 Å². The van der Waals surface area contributed by atoms with E-state index in [1.54, 1.807) is 6.07 Å². The number of hydrogen-bond donors (Lipinski definition) is 2. The molecule has 0 spiro atoms. The predicted octanol–water partition coefficient (Wildman–Crippen LogP) is 4.39. The Morgan fingerprint density at radius 1 is 0.735 bits per heavy atom. The zero-order valence-corrected chi connectivity index (χ0v) is 18.5. The van der Waals surface area contributed by atoms with E-state index in [0.717, 1.165) is 11.1 Å². The lowest BCUT2D eigenvalue weighted by Crippen LogP contribution is -2.36. The van der Waals surface area contributed by atoms with E-state index in [-0.39, 0.29) is 16.9 Å². The number of para-hydroxylation sites is 1. The average molecular weight is 465 g/mol. The molecule has 0 radical (unpaired) electrons. The van der Waals surface area contributed by atoms with Gasteiger partial charge in [-0.25, -0.2) is 0 Å². The van der Waals surface area contributed by atoms with Crippen LogP contribution in [-0.2, 0) is 22.4 Å². The number of carbonyl (C=O) groups excluding carboxylic acids is 2. The highest BCUT2D eigenvalue weighted by molar-refractivity contribution is 6.21. The smallest absolute Gasteiger partial charge is 0.387 e. The van der Waals surface area contributed by atoms with Crippen molar-refractivity contribution in [2.45, 2.75) is 19.5 Å². The molecule has 0 saturated heterocycles. The molecule has 0 heterocycles. The molecule has 34 heavy (non-hydrogen) atoms. The SMILES string of the molecule is O=C(NCCc1ccccc1)C(=Cc1ccccc1OC(F)F)C(=O)NCCc1ccccc1. The topological polar surface area (TPSA) is 67.4 Å². The van der Waals surface area contributed by atoms with Crippen LogP contribution in [0.15, 0.2) is 90.5 Å². The van der Waals surface area contributed by atoms with Crippen LogP contribution in [0.1, 0.15) is 16.7 Å². The van der Waals surface area contributed by atoms with Gasteiger partial charge in [0, 0.05) is 18.7 Å². The molecular formula is C27H26F2N2O3. The summed E-state index contributed by atoms with van der Waals surface area (Å²) in [5, 5.41) is 5.49. The molecule has 3 aromatic rings. The molecule has 3 rings (SSSR count). The van der Waals surface area contributed by atoms with Gasteiger partial charge in [-0.15, -0.1) is 0 Å². The first kappa shape index (κ1) is 24.6. The van der Waals surface area contributed by atoms with Crippen molar-refractivity contribution in [3.63, 3.8) is 0 Å². The molecule has 0 atom stereocenters. The summed E-state index contributed by atoms with van der Waals surface area (Å²) in [6.07, 6.45) is 2.44. The van der Waals surface area contributed by atoms with Gasteiger partial charge in [-0.05, 0) is 36.1 Å². The summed E-state index contributed by atoms with van der Waals surface area (Å²) in [5.74, 6) is -1.32. The summed E-state index contributed by atoms with van der Waals surface area (Å²) in [5.41, 5.74) is 2.09. The fourth-order valence-electron chi connectivity index (χ4n) is 3.31. The highest BCUT2D eigenvalue weighted by atomic mass is 19.3. The molecule has 0 bridgehead atoms. The highest BCUT2D eigenvalue weighted by Crippen LogP contribution is 2.23. The number of carbonyl (C=O) groups is 2. The number of hydrogen-bond acceptors (Lipinski definition) is 3. The number of alkyl halides is 2. The average Bonchev–Trinajstić information content (AvgIpc) is 2.84. The van der Waals surface area contributed by atoms with Crippen molar-refractivity contribution < 1.29 is 23.1 Å². The van der Waals surface area contributed by atoms with Gasteiger partial charge in [-0.2, -0.15) is 8.78 Å². The third-order valence-electron chi connectivity index (χ3n) is 5.01. The lowest BCUT2D eigenvalue weighted by atomic mass is 10.1. The largest absolute Gasteiger partial charge is 0.434 e. The third-order valence-corrected chi connectivity index (χ3v) is 5.01. The molecule has 0 aliphatic carbocycles. The lowest BCUT2D eigenvalue weighted by Gasteiger charge is -2.12. The van der Waals surface area contributed by atoms with Crippen LogP contribution < -0.4 is 15.4 Å². The van der Waals surface area contributed by atoms with E-state index in [4.69, 9.17) is 0 Å². The van der Waals surface area contributed by atoms with Crippen LogP contribution in [0.5, 0.6) is 5.75 Å². The Bertz CT molecular complexity index is 1040. The monoisotopic (exact) mass is 464 g/mol. The Morgan fingerprint density at radius 2 is 1.21 bits per heavy atom. The summed E-state index contributed by atoms with van der Waals surface area (Å²) >= 11 is 0. The van der Waals surface area contributed by atoms with Crippen LogP contribution in [0.25, 0.3) is 6.08 Å². The summed E-state index contributed by atoms with van der Waals surface area (Å²) in [6.45, 7) is -2.41. The number of rotatable bonds is 11. The number of nitrogens with one attached hydrogen (secondary N) is 2. The van der Waals surface area contributed by atoms with E-state index in [0.29, 0.717) is 25.9 Å². The molecule has 0 saturated carbocycles. The van der Waals surface area contributed by atoms with Crippen molar-refractivity contribution in [3.8, 4) is 5.75 Å². The number of benzene rings is 3. The minimum absolute atomic E-state index is 0.121. The summed E-state index contributed by atoms with van der Waals surface area (Å²) in [7, 11) is 0. The second-order valence-electron chi connectivity index (χ2n) is 7.46. The van der Waals surface area contributed by atoms with Crippen molar-refractivity contribution in [2.75, 3.05) is 13.1 Å². The first-order chi connectivity index (χ1) is 16.5. The number of amides is 2. The van der Waals surface area contributed by atoms with Crippen molar-refractivity contribution in [3.05, 3.63) is 107 Å². The molecule has 5 nitrogen and oxygen atoms in total. The van der Waals surface area contributed by atoms with E-state index in [2.05, 4.69) is 15.4 Å². The van der Waals surface area contributed by atoms with Crippen molar-refractivity contribution in [2.24, 2.45) is 0 Å². The summed E-state index contributed by atoms with van der Waals surface area (Å²) in [6, 6.07) is 25.2. The molecule has 3 aromatic carbocycles. The Labute approximate surface area is 197 Å². The minimum atomic E-state index is -3.03. The van der Waals surface area contributed by atoms with E-state index in [1.165, 1.54) is 24.3 Å². The van der Waals surface area contributed by atoms with Crippen molar-refractivity contribution in [1.82, 2.24) is 10.6 Å². The molecule has 0 aliphatic heterocycles. The van der Waals surface area contributed by atoms with Crippen LogP contribution in [0.4, 0.5) is 8.78 Å². The molecule has 0 fully saturated rings. The molecule has 7 heteroatoms. The Balaban J connectivity index is 1.74. The fourth-order valence-corrected chi connectivity index (χ4v) is 3.31. The van der Waals surface area contributed by atoms with E-state index < -0.39 is 18.4 Å². The van der Waals surface area contributed by atoms with Gasteiger partial charge in [-0.3, -0.25) is 9.59 Å². The maximum atomic E-state index is 12.9. The van der Waals surface area contributed by atoms with E-state index >= 15 is 0 Å². The zero-order chi connectivity index (χ0) is 24.2. The fraction of sp³-hybridized carbons (Fsp3) is 0.185. The summed E-state index contributed by atoms with van der Waals surface area (Å²) in [4.78, 5) is 25.8. The number of halogens is 2. The highest BCUT2D eigenvalue weighted by Gasteiger charge is 2.19. The first-order valence-corrected chi connectivity index (χ1v) is 10.9. The number of ether oxygens (including phenoxy) is 1. The molecule has 176 valence electrons. The van der Waals surface area contributed by atoms with Gasteiger partial charge in [0.15, 0.2) is 0 Å². The normalized spacial score (nSPS) is 10.4. The van der Waals surface area contributed by atoms with Crippen LogP contribution >= 0.6 is 0 Å². The standard InChI is InChI=1S/C27H26F2N2O3/c28-27(29)34-24-14-8-7-13-22(24)19-23(25(32)30-17-15-20-9-3-1-4-10-20)26(33)31-18-16-21-11-5-2-6-12-21/h1-14,19,27H,15-18H2,(H,30,32)(H,31,33). The molecule has 0 unspecified atom stereocenters. The van der Waals surface area contributed by atoms with Gasteiger partial charge in [0.1, 0.15) is 11.3 Å². The molecule has 0 aromatic heterocycles. The first-order valence-electron chi connectivity index (χ1n) is 10.9. The molecule has 2 N–H and O–H groups in total. The van der Waals surface area contributed by atoms with E-state index in [9.17, 15) is 18.4 Å². The van der Waals surface area contributed by atoms with Crippen LogP contribution in [0, 0.1) is 0 Å². The Morgan fingerprint density at radius 3 is 1.71 bits per heavy atom. The maximum absolute atomic E-state index is 12.9. The quantitative estimate of drug-likeness (QED) is 0.251. The van der Waals surface area contributed by atoms with Gasteiger partial charge in [-0.1, -0.05) is 78.9 Å². The molecule has 0 aliphatic rings. The van der Waals surface area contributed by atoms with Crippen LogP contribution in [0.2, 0.25) is 0 Å². The Hall–Kier alpha value is -4.00. The second-order valence-corrected chi connectivity index (χ2v) is 7.46. The van der Waals surface area contributed by atoms with Crippen molar-refractivity contribution >= 4 is 17.9 Å². The minimum Gasteiger partial charge on any atom is -0.434 e. The predicted molar refractivity (Wildman–Crippen MR) is 127 cm³/mol. The van der Waals surface area contributed by atoms with E-state index in [1.807, 2.05) is 60.7 Å². The van der Waals surface area contributed by atoms with Gasteiger partial charge < -0.3 is 15.4 Å². The third kappa shape index (κ3) is 7.85. The van der Waals surface area contributed by atoms with Gasteiger partial charge in [0.25, 0.3) is 11.8 Å². The lowest BCUT2D eigenvalue weighted by molar-refractivity contribution is -0.123. The molecule has 2 amide bonds. The second kappa shape index (κ2) is 12.9. The van der Waals surface area contributed by atoms with Crippen molar-refractivity contribution in [1.29, 1.82) is 0 Å². The summed E-state index contributed by atoms with van der Waals surface area (Å²) < 4.78 is 30.2. The maximum Gasteiger partial charge on any atom is 0.387 e. The van der Waals surface area contributed by atoms with Gasteiger partial charge in [0.05, 0.1) is 0 Å². The van der Waals surface area contributed by atoms with Gasteiger partial charge in [0.2, 0.25) is 0 Å². The van der Waals surface area contributed by atoms with Crippen LogP contribution in [0.3, 0.4) is 0 Å².